The molecule has 0 bridgehead atoms. The topological polar surface area (TPSA) is 41.6 Å². The maximum Gasteiger partial charge on any atom is 0.387 e. The first-order valence-corrected chi connectivity index (χ1v) is 7.56. The fraction of sp³-hybridized carbons (Fsp3) is 0.278. The van der Waals surface area contributed by atoms with Crippen molar-refractivity contribution >= 4 is 6.03 Å². The molecule has 0 saturated carbocycles. The summed E-state index contributed by atoms with van der Waals surface area (Å²) in [6, 6.07) is 15.6. The Morgan fingerprint density at radius 1 is 1.12 bits per heavy atom. The van der Waals surface area contributed by atoms with Crippen molar-refractivity contribution in [1.29, 1.82) is 0 Å². The molecule has 24 heavy (non-hydrogen) atoms. The Hall–Kier alpha value is -2.63. The van der Waals surface area contributed by atoms with E-state index in [4.69, 9.17) is 0 Å². The molecule has 1 atom stereocenters. The van der Waals surface area contributed by atoms with Crippen molar-refractivity contribution in [3.8, 4) is 5.75 Å². The SMILES string of the molecule is CC(NC(=O)N(C)Cc1ccc(OC(F)F)cc1)c1ccccc1. The van der Waals surface area contributed by atoms with Gasteiger partial charge in [0.05, 0.1) is 6.04 Å². The summed E-state index contributed by atoms with van der Waals surface area (Å²) in [6.45, 7) is -0.566. The zero-order chi connectivity index (χ0) is 17.5. The van der Waals surface area contributed by atoms with E-state index in [1.165, 1.54) is 17.0 Å². The Bertz CT molecular complexity index is 648. The number of rotatable bonds is 6. The van der Waals surface area contributed by atoms with Crippen LogP contribution in [0.1, 0.15) is 24.1 Å². The quantitative estimate of drug-likeness (QED) is 0.860. The van der Waals surface area contributed by atoms with Crippen molar-refractivity contribution < 1.29 is 18.3 Å². The normalized spacial score (nSPS) is 11.9. The molecule has 0 aliphatic carbocycles. The summed E-state index contributed by atoms with van der Waals surface area (Å²) < 4.78 is 28.5. The van der Waals surface area contributed by atoms with Crippen LogP contribution in [0.2, 0.25) is 0 Å². The first kappa shape index (κ1) is 17.7. The van der Waals surface area contributed by atoms with Gasteiger partial charge in [-0.05, 0) is 30.2 Å². The predicted octanol–water partition coefficient (Wildman–Crippen LogP) is 4.19. The van der Waals surface area contributed by atoms with Crippen LogP contribution in [-0.4, -0.2) is 24.6 Å². The lowest BCUT2D eigenvalue weighted by Gasteiger charge is -2.22. The van der Waals surface area contributed by atoms with Gasteiger partial charge in [-0.2, -0.15) is 8.78 Å². The number of nitrogens with one attached hydrogen (secondary N) is 1. The molecule has 0 heterocycles. The Kier molecular flexibility index (Phi) is 6.12. The summed E-state index contributed by atoms with van der Waals surface area (Å²) in [5, 5.41) is 2.92. The molecule has 0 aromatic heterocycles. The van der Waals surface area contributed by atoms with Gasteiger partial charge in [-0.3, -0.25) is 0 Å². The number of nitrogens with zero attached hydrogens (tertiary/aromatic N) is 1. The van der Waals surface area contributed by atoms with Gasteiger partial charge >= 0.3 is 12.6 Å². The van der Waals surface area contributed by atoms with Gasteiger partial charge in [-0.25, -0.2) is 4.79 Å². The Morgan fingerprint density at radius 3 is 2.33 bits per heavy atom. The highest BCUT2D eigenvalue weighted by Gasteiger charge is 2.13. The van der Waals surface area contributed by atoms with E-state index >= 15 is 0 Å². The van der Waals surface area contributed by atoms with Crippen LogP contribution in [0.3, 0.4) is 0 Å². The van der Waals surface area contributed by atoms with E-state index < -0.39 is 6.61 Å². The molecular weight excluding hydrogens is 314 g/mol. The molecule has 6 heteroatoms. The highest BCUT2D eigenvalue weighted by Crippen LogP contribution is 2.16. The maximum absolute atomic E-state index is 12.2. The van der Waals surface area contributed by atoms with Crippen LogP contribution in [0.4, 0.5) is 13.6 Å². The Morgan fingerprint density at radius 2 is 1.75 bits per heavy atom. The number of amides is 2. The van der Waals surface area contributed by atoms with Crippen LogP contribution in [-0.2, 0) is 6.54 Å². The molecule has 0 spiro atoms. The summed E-state index contributed by atoms with van der Waals surface area (Å²) >= 11 is 0. The number of alkyl halides is 2. The third kappa shape index (κ3) is 5.22. The number of carbonyl (C=O) groups is 1. The molecule has 2 rings (SSSR count). The molecule has 0 fully saturated rings. The summed E-state index contributed by atoms with van der Waals surface area (Å²) in [5.74, 6) is 0.0959. The van der Waals surface area contributed by atoms with E-state index in [-0.39, 0.29) is 17.8 Å². The van der Waals surface area contributed by atoms with Crippen molar-refractivity contribution in [3.63, 3.8) is 0 Å². The number of hydrogen-bond acceptors (Lipinski definition) is 2. The van der Waals surface area contributed by atoms with Gasteiger partial charge in [-0.1, -0.05) is 42.5 Å². The summed E-state index contributed by atoms with van der Waals surface area (Å²) in [6.07, 6.45) is 0. The zero-order valence-corrected chi connectivity index (χ0v) is 13.6. The molecule has 0 aliphatic heterocycles. The molecule has 2 amide bonds. The van der Waals surface area contributed by atoms with E-state index in [0.29, 0.717) is 6.54 Å². The third-order valence-corrected chi connectivity index (χ3v) is 3.55. The van der Waals surface area contributed by atoms with E-state index in [2.05, 4.69) is 10.1 Å². The zero-order valence-electron chi connectivity index (χ0n) is 13.6. The van der Waals surface area contributed by atoms with Gasteiger partial charge < -0.3 is 15.0 Å². The predicted molar refractivity (Wildman–Crippen MR) is 87.9 cm³/mol. The standard InChI is InChI=1S/C18H20F2N2O2/c1-13(15-6-4-3-5-7-15)21-18(23)22(2)12-14-8-10-16(11-9-14)24-17(19)20/h3-11,13,17H,12H2,1-2H3,(H,21,23). The van der Waals surface area contributed by atoms with Crippen LogP contribution >= 0.6 is 0 Å². The van der Waals surface area contributed by atoms with Gasteiger partial charge in [-0.15, -0.1) is 0 Å². The minimum atomic E-state index is -2.84. The second kappa shape index (κ2) is 8.29. The van der Waals surface area contributed by atoms with Crippen molar-refractivity contribution in [2.75, 3.05) is 7.05 Å². The molecule has 0 aliphatic rings. The lowest BCUT2D eigenvalue weighted by molar-refractivity contribution is -0.0498. The van der Waals surface area contributed by atoms with Gasteiger partial charge in [0, 0.05) is 13.6 Å². The van der Waals surface area contributed by atoms with E-state index in [1.807, 2.05) is 37.3 Å². The Balaban J connectivity index is 1.89. The minimum Gasteiger partial charge on any atom is -0.435 e. The molecule has 4 nitrogen and oxygen atoms in total. The second-order valence-corrected chi connectivity index (χ2v) is 5.46. The monoisotopic (exact) mass is 334 g/mol. The molecular formula is C18H20F2N2O2. The van der Waals surface area contributed by atoms with Crippen LogP contribution in [0.25, 0.3) is 0 Å². The van der Waals surface area contributed by atoms with Crippen LogP contribution in [0, 0.1) is 0 Å². The Labute approximate surface area is 140 Å². The number of carbonyl (C=O) groups excluding carboxylic acids is 1. The average Bonchev–Trinajstić information content (AvgIpc) is 2.56. The van der Waals surface area contributed by atoms with Crippen molar-refractivity contribution in [2.45, 2.75) is 26.1 Å². The lowest BCUT2D eigenvalue weighted by Crippen LogP contribution is -2.38. The number of benzene rings is 2. The molecule has 2 aromatic rings. The van der Waals surface area contributed by atoms with Crippen LogP contribution in [0.15, 0.2) is 54.6 Å². The number of ether oxygens (including phenoxy) is 1. The summed E-state index contributed by atoms with van der Waals surface area (Å²) in [4.78, 5) is 13.8. The molecule has 128 valence electrons. The van der Waals surface area contributed by atoms with E-state index in [0.717, 1.165) is 11.1 Å². The first-order valence-electron chi connectivity index (χ1n) is 7.56. The van der Waals surface area contributed by atoms with Crippen LogP contribution in [0.5, 0.6) is 5.75 Å². The largest absolute Gasteiger partial charge is 0.435 e. The minimum absolute atomic E-state index is 0.0959. The molecule has 1 unspecified atom stereocenters. The number of urea groups is 1. The fourth-order valence-electron chi connectivity index (χ4n) is 2.24. The second-order valence-electron chi connectivity index (χ2n) is 5.46. The number of halogens is 2. The van der Waals surface area contributed by atoms with Crippen LogP contribution < -0.4 is 10.1 Å². The summed E-state index contributed by atoms with van der Waals surface area (Å²) in [7, 11) is 1.68. The van der Waals surface area contributed by atoms with Gasteiger partial charge in [0.15, 0.2) is 0 Å². The number of hydrogen-bond donors (Lipinski definition) is 1. The first-order chi connectivity index (χ1) is 11.5. The third-order valence-electron chi connectivity index (χ3n) is 3.55. The molecule has 0 saturated heterocycles. The van der Waals surface area contributed by atoms with Gasteiger partial charge in [0.25, 0.3) is 0 Å². The highest BCUT2D eigenvalue weighted by molar-refractivity contribution is 5.74. The summed E-state index contributed by atoms with van der Waals surface area (Å²) in [5.41, 5.74) is 1.84. The maximum atomic E-state index is 12.2. The smallest absolute Gasteiger partial charge is 0.387 e. The molecule has 1 N–H and O–H groups in total. The highest BCUT2D eigenvalue weighted by atomic mass is 19.3. The molecule has 0 radical (unpaired) electrons. The van der Waals surface area contributed by atoms with Gasteiger partial charge in [0.2, 0.25) is 0 Å². The van der Waals surface area contributed by atoms with Crippen molar-refractivity contribution in [2.24, 2.45) is 0 Å². The lowest BCUT2D eigenvalue weighted by atomic mass is 10.1. The van der Waals surface area contributed by atoms with Gasteiger partial charge in [0.1, 0.15) is 5.75 Å². The van der Waals surface area contributed by atoms with E-state index in [1.54, 1.807) is 19.2 Å². The van der Waals surface area contributed by atoms with E-state index in [9.17, 15) is 13.6 Å². The molecule has 2 aromatic carbocycles. The average molecular weight is 334 g/mol. The van der Waals surface area contributed by atoms with Crippen molar-refractivity contribution in [3.05, 3.63) is 65.7 Å². The fourth-order valence-corrected chi connectivity index (χ4v) is 2.24. The van der Waals surface area contributed by atoms with Crippen molar-refractivity contribution in [1.82, 2.24) is 10.2 Å².